The topological polar surface area (TPSA) is 33.3 Å². The number of nitrogens with one attached hydrogen (secondary N) is 2. The molecule has 88 valence electrons. The number of ether oxygens (including phenoxy) is 1. The molecule has 0 spiro atoms. The highest BCUT2D eigenvalue weighted by Crippen LogP contribution is 2.33. The molecule has 0 aromatic heterocycles. The number of benzene rings is 1. The van der Waals surface area contributed by atoms with Crippen LogP contribution in [-0.4, -0.2) is 25.2 Å². The van der Waals surface area contributed by atoms with Crippen LogP contribution in [0.15, 0.2) is 24.3 Å². The summed E-state index contributed by atoms with van der Waals surface area (Å²) < 4.78 is 6.06. The molecule has 0 saturated carbocycles. The normalized spacial score (nSPS) is 23.1. The van der Waals surface area contributed by atoms with E-state index in [4.69, 9.17) is 4.74 Å². The Kier molecular flexibility index (Phi) is 3.34. The lowest BCUT2D eigenvalue weighted by Gasteiger charge is -2.36. The molecule has 1 heterocycles. The van der Waals surface area contributed by atoms with Gasteiger partial charge in [-0.2, -0.15) is 0 Å². The first-order valence-corrected chi connectivity index (χ1v) is 5.96. The molecule has 16 heavy (non-hydrogen) atoms. The molecule has 3 heteroatoms. The van der Waals surface area contributed by atoms with Crippen LogP contribution < -0.4 is 15.4 Å². The van der Waals surface area contributed by atoms with Gasteiger partial charge in [-0.25, -0.2) is 0 Å². The van der Waals surface area contributed by atoms with E-state index in [0.29, 0.717) is 0 Å². The largest absolute Gasteiger partial charge is 0.484 e. The molecule has 1 aromatic carbocycles. The van der Waals surface area contributed by atoms with Gasteiger partial charge in [0, 0.05) is 6.42 Å². The molecule has 0 saturated heterocycles. The van der Waals surface area contributed by atoms with Crippen molar-refractivity contribution in [2.24, 2.45) is 0 Å². The Balaban J connectivity index is 2.00. The van der Waals surface area contributed by atoms with Crippen LogP contribution in [0.5, 0.6) is 5.75 Å². The third-order valence-corrected chi connectivity index (χ3v) is 2.98. The smallest absolute Gasteiger partial charge is 0.143 e. The van der Waals surface area contributed by atoms with Crippen molar-refractivity contribution < 1.29 is 4.74 Å². The van der Waals surface area contributed by atoms with Crippen LogP contribution in [0.2, 0.25) is 0 Å². The van der Waals surface area contributed by atoms with Gasteiger partial charge in [0.1, 0.15) is 11.4 Å². The number of fused-ring (bicyclic) bond motifs is 1. The number of anilines is 1. The molecule has 1 aromatic rings. The molecule has 0 fully saturated rings. The van der Waals surface area contributed by atoms with Crippen molar-refractivity contribution in [1.29, 1.82) is 0 Å². The average molecular weight is 220 g/mol. The number of rotatable bonds is 4. The Morgan fingerprint density at radius 3 is 3.06 bits per heavy atom. The minimum absolute atomic E-state index is 0.101. The van der Waals surface area contributed by atoms with Gasteiger partial charge in [0.25, 0.3) is 0 Å². The SMILES string of the molecule is CCNCCC1(C)CNc2ccccc2O1. The molecule has 0 amide bonds. The molecular formula is C13H20N2O. The fourth-order valence-electron chi connectivity index (χ4n) is 1.95. The van der Waals surface area contributed by atoms with Crippen molar-refractivity contribution in [2.45, 2.75) is 25.9 Å². The molecule has 1 aliphatic rings. The Morgan fingerprint density at radius 1 is 1.44 bits per heavy atom. The molecule has 3 nitrogen and oxygen atoms in total. The van der Waals surface area contributed by atoms with E-state index in [1.165, 1.54) is 0 Å². The first kappa shape index (κ1) is 11.3. The number of para-hydroxylation sites is 2. The second-order valence-electron chi connectivity index (χ2n) is 4.51. The maximum Gasteiger partial charge on any atom is 0.143 e. The predicted molar refractivity (Wildman–Crippen MR) is 67.1 cm³/mol. The summed E-state index contributed by atoms with van der Waals surface area (Å²) in [6.45, 7) is 7.16. The zero-order chi connectivity index (χ0) is 11.4. The van der Waals surface area contributed by atoms with E-state index in [-0.39, 0.29) is 5.60 Å². The van der Waals surface area contributed by atoms with Crippen molar-refractivity contribution in [3.63, 3.8) is 0 Å². The summed E-state index contributed by atoms with van der Waals surface area (Å²) in [6.07, 6.45) is 1.02. The summed E-state index contributed by atoms with van der Waals surface area (Å²) in [4.78, 5) is 0. The van der Waals surface area contributed by atoms with Crippen molar-refractivity contribution >= 4 is 5.69 Å². The van der Waals surface area contributed by atoms with Gasteiger partial charge in [0.05, 0.1) is 12.2 Å². The first-order chi connectivity index (χ1) is 7.73. The van der Waals surface area contributed by atoms with Crippen molar-refractivity contribution in [2.75, 3.05) is 25.0 Å². The monoisotopic (exact) mass is 220 g/mol. The molecular weight excluding hydrogens is 200 g/mol. The minimum Gasteiger partial charge on any atom is -0.484 e. The quantitative estimate of drug-likeness (QED) is 0.764. The van der Waals surface area contributed by atoms with Gasteiger partial charge in [0.2, 0.25) is 0 Å². The molecule has 0 bridgehead atoms. The molecule has 1 atom stereocenters. The van der Waals surface area contributed by atoms with Crippen LogP contribution in [0.25, 0.3) is 0 Å². The summed E-state index contributed by atoms with van der Waals surface area (Å²) in [5, 5.41) is 6.76. The van der Waals surface area contributed by atoms with Crippen molar-refractivity contribution in [3.05, 3.63) is 24.3 Å². The predicted octanol–water partition coefficient (Wildman–Crippen LogP) is 2.25. The minimum atomic E-state index is -0.101. The number of hydrogen-bond acceptors (Lipinski definition) is 3. The lowest BCUT2D eigenvalue weighted by molar-refractivity contribution is 0.0859. The third kappa shape index (κ3) is 2.47. The van der Waals surface area contributed by atoms with Crippen molar-refractivity contribution in [3.8, 4) is 5.75 Å². The Morgan fingerprint density at radius 2 is 2.25 bits per heavy atom. The van der Waals surface area contributed by atoms with E-state index < -0.39 is 0 Å². The van der Waals surface area contributed by atoms with E-state index in [1.54, 1.807) is 0 Å². The zero-order valence-electron chi connectivity index (χ0n) is 10.0. The van der Waals surface area contributed by atoms with E-state index in [1.807, 2.05) is 18.2 Å². The summed E-state index contributed by atoms with van der Waals surface area (Å²) >= 11 is 0. The Labute approximate surface area is 97.2 Å². The number of hydrogen-bond donors (Lipinski definition) is 2. The highest BCUT2D eigenvalue weighted by Gasteiger charge is 2.30. The summed E-state index contributed by atoms with van der Waals surface area (Å²) in [5.41, 5.74) is 1.000. The fraction of sp³-hybridized carbons (Fsp3) is 0.538. The van der Waals surface area contributed by atoms with Crippen LogP contribution in [0, 0.1) is 0 Å². The zero-order valence-corrected chi connectivity index (χ0v) is 10.0. The summed E-state index contributed by atoms with van der Waals surface area (Å²) in [7, 11) is 0. The molecule has 1 aliphatic heterocycles. The highest BCUT2D eigenvalue weighted by atomic mass is 16.5. The second-order valence-corrected chi connectivity index (χ2v) is 4.51. The highest BCUT2D eigenvalue weighted by molar-refractivity contribution is 5.58. The lowest BCUT2D eigenvalue weighted by atomic mass is 10.00. The molecule has 2 rings (SSSR count). The summed E-state index contributed by atoms with van der Waals surface area (Å²) in [6, 6.07) is 8.11. The summed E-state index contributed by atoms with van der Waals surface area (Å²) in [5.74, 6) is 0.966. The van der Waals surface area contributed by atoms with E-state index in [2.05, 4.69) is 30.5 Å². The van der Waals surface area contributed by atoms with Gasteiger partial charge >= 0.3 is 0 Å². The van der Waals surface area contributed by atoms with E-state index in [9.17, 15) is 0 Å². The maximum absolute atomic E-state index is 6.06. The lowest BCUT2D eigenvalue weighted by Crippen LogP contribution is -2.45. The van der Waals surface area contributed by atoms with Gasteiger partial charge in [-0.1, -0.05) is 19.1 Å². The standard InChI is InChI=1S/C13H20N2O/c1-3-14-9-8-13(2)10-15-11-6-4-5-7-12(11)16-13/h4-7,14-15H,3,8-10H2,1-2H3. The van der Waals surface area contributed by atoms with Crippen molar-refractivity contribution in [1.82, 2.24) is 5.32 Å². The second kappa shape index (κ2) is 4.74. The molecule has 2 N–H and O–H groups in total. The van der Waals surface area contributed by atoms with E-state index in [0.717, 1.165) is 37.5 Å². The molecule has 1 unspecified atom stereocenters. The third-order valence-electron chi connectivity index (χ3n) is 2.98. The molecule has 0 aliphatic carbocycles. The fourth-order valence-corrected chi connectivity index (χ4v) is 1.95. The van der Waals surface area contributed by atoms with Gasteiger partial charge in [0.15, 0.2) is 0 Å². The van der Waals surface area contributed by atoms with Crippen LogP contribution >= 0.6 is 0 Å². The van der Waals surface area contributed by atoms with Crippen LogP contribution in [0.3, 0.4) is 0 Å². The average Bonchev–Trinajstić information content (AvgIpc) is 2.29. The van der Waals surface area contributed by atoms with Crippen LogP contribution in [-0.2, 0) is 0 Å². The Bertz CT molecular complexity index is 354. The maximum atomic E-state index is 6.06. The van der Waals surface area contributed by atoms with Gasteiger partial charge in [-0.05, 0) is 32.1 Å². The molecule has 0 radical (unpaired) electrons. The van der Waals surface area contributed by atoms with Gasteiger partial charge in [-0.3, -0.25) is 0 Å². The van der Waals surface area contributed by atoms with E-state index >= 15 is 0 Å². The first-order valence-electron chi connectivity index (χ1n) is 5.96. The van der Waals surface area contributed by atoms with Gasteiger partial charge < -0.3 is 15.4 Å². The van der Waals surface area contributed by atoms with Gasteiger partial charge in [-0.15, -0.1) is 0 Å². The Hall–Kier alpha value is -1.22. The van der Waals surface area contributed by atoms with Crippen LogP contribution in [0.4, 0.5) is 5.69 Å². The van der Waals surface area contributed by atoms with Crippen LogP contribution in [0.1, 0.15) is 20.3 Å².